The third-order valence-electron chi connectivity index (χ3n) is 2.55. The van der Waals surface area contributed by atoms with Crippen LogP contribution in [0.3, 0.4) is 0 Å². The van der Waals surface area contributed by atoms with Crippen LogP contribution in [0.15, 0.2) is 18.2 Å². The van der Waals surface area contributed by atoms with E-state index in [0.29, 0.717) is 31.3 Å². The van der Waals surface area contributed by atoms with Gasteiger partial charge in [0.2, 0.25) is 5.91 Å². The maximum atomic E-state index is 11.4. The lowest BCUT2D eigenvalue weighted by Gasteiger charge is -2.18. The van der Waals surface area contributed by atoms with E-state index in [2.05, 4.69) is 10.1 Å². The predicted octanol–water partition coefficient (Wildman–Crippen LogP) is 0.175. The molecule has 1 aliphatic rings. The number of rotatable bonds is 6. The van der Waals surface area contributed by atoms with E-state index in [1.54, 1.807) is 12.1 Å². The molecule has 1 aromatic carbocycles. The molecular weight excluding hydrogens is 266 g/mol. The van der Waals surface area contributed by atoms with E-state index in [9.17, 15) is 9.59 Å². The summed E-state index contributed by atoms with van der Waals surface area (Å²) in [7, 11) is 0. The number of carboxylic acid groups (broad SMARTS) is 1. The van der Waals surface area contributed by atoms with Crippen LogP contribution in [-0.2, 0) is 20.9 Å². The Bertz CT molecular complexity index is 502. The van der Waals surface area contributed by atoms with Gasteiger partial charge >= 0.3 is 5.97 Å². The summed E-state index contributed by atoms with van der Waals surface area (Å²) in [6.45, 7) is 0.579. The van der Waals surface area contributed by atoms with Gasteiger partial charge in [-0.15, -0.1) is 0 Å². The van der Waals surface area contributed by atoms with E-state index in [1.165, 1.54) is 0 Å². The van der Waals surface area contributed by atoms with Crippen LogP contribution >= 0.6 is 0 Å². The van der Waals surface area contributed by atoms with Crippen molar-refractivity contribution in [3.8, 4) is 11.5 Å². The molecule has 0 atom stereocenters. The second-order valence-electron chi connectivity index (χ2n) is 4.14. The molecule has 7 heteroatoms. The van der Waals surface area contributed by atoms with Crippen LogP contribution in [0, 0.1) is 0 Å². The van der Waals surface area contributed by atoms with E-state index in [4.69, 9.17) is 14.6 Å². The van der Waals surface area contributed by atoms with Crippen molar-refractivity contribution in [1.82, 2.24) is 5.32 Å². The summed E-state index contributed by atoms with van der Waals surface area (Å²) >= 11 is 0. The molecule has 0 aliphatic carbocycles. The van der Waals surface area contributed by atoms with Crippen LogP contribution < -0.4 is 14.8 Å². The highest BCUT2D eigenvalue weighted by atomic mass is 16.6. The first-order chi connectivity index (χ1) is 9.65. The molecular formula is C13H15NO6. The zero-order chi connectivity index (χ0) is 14.4. The molecule has 0 saturated heterocycles. The van der Waals surface area contributed by atoms with Crippen molar-refractivity contribution in [3.63, 3.8) is 0 Å². The maximum absolute atomic E-state index is 11.4. The largest absolute Gasteiger partial charge is 0.486 e. The number of carbonyl (C=O) groups is 2. The molecule has 0 aromatic heterocycles. The van der Waals surface area contributed by atoms with E-state index < -0.39 is 12.6 Å². The third kappa shape index (κ3) is 4.13. The molecule has 2 rings (SSSR count). The van der Waals surface area contributed by atoms with Crippen molar-refractivity contribution in [2.75, 3.05) is 26.4 Å². The first-order valence-electron chi connectivity index (χ1n) is 6.10. The highest BCUT2D eigenvalue weighted by Gasteiger charge is 2.12. The fourth-order valence-corrected chi connectivity index (χ4v) is 1.68. The molecule has 2 N–H and O–H groups in total. The van der Waals surface area contributed by atoms with Gasteiger partial charge in [-0.1, -0.05) is 6.07 Å². The van der Waals surface area contributed by atoms with Gasteiger partial charge in [0.1, 0.15) is 26.4 Å². The Morgan fingerprint density at radius 3 is 2.70 bits per heavy atom. The summed E-state index contributed by atoms with van der Waals surface area (Å²) in [6.07, 6.45) is 0. The fourth-order valence-electron chi connectivity index (χ4n) is 1.68. The smallest absolute Gasteiger partial charge is 0.329 e. The fraction of sp³-hybridized carbons (Fsp3) is 0.385. The predicted molar refractivity (Wildman–Crippen MR) is 67.7 cm³/mol. The Labute approximate surface area is 115 Å². The summed E-state index contributed by atoms with van der Waals surface area (Å²) in [4.78, 5) is 21.6. The first kappa shape index (κ1) is 14.1. The lowest BCUT2D eigenvalue weighted by atomic mass is 10.2. The summed E-state index contributed by atoms with van der Waals surface area (Å²) in [5.41, 5.74) is 0.862. The average molecular weight is 281 g/mol. The van der Waals surface area contributed by atoms with Gasteiger partial charge in [-0.3, -0.25) is 4.79 Å². The van der Waals surface area contributed by atoms with Gasteiger partial charge in [0.25, 0.3) is 0 Å². The van der Waals surface area contributed by atoms with Crippen molar-refractivity contribution in [2.24, 2.45) is 0 Å². The van der Waals surface area contributed by atoms with Gasteiger partial charge < -0.3 is 24.6 Å². The number of fused-ring (bicyclic) bond motifs is 1. The zero-order valence-corrected chi connectivity index (χ0v) is 10.8. The normalized spacial score (nSPS) is 12.8. The molecule has 1 aromatic rings. The topological polar surface area (TPSA) is 94.1 Å². The van der Waals surface area contributed by atoms with Crippen LogP contribution in [0.2, 0.25) is 0 Å². The van der Waals surface area contributed by atoms with Gasteiger partial charge in [0, 0.05) is 6.54 Å². The minimum Gasteiger partial charge on any atom is -0.486 e. The Balaban J connectivity index is 1.79. The number of carboxylic acids is 1. The van der Waals surface area contributed by atoms with Crippen molar-refractivity contribution >= 4 is 11.9 Å². The number of carbonyl (C=O) groups excluding carboxylic acids is 1. The van der Waals surface area contributed by atoms with E-state index in [1.807, 2.05) is 6.07 Å². The molecule has 0 fully saturated rings. The molecule has 1 aliphatic heterocycles. The van der Waals surface area contributed by atoms with Crippen LogP contribution in [0.4, 0.5) is 0 Å². The van der Waals surface area contributed by atoms with Gasteiger partial charge in [-0.05, 0) is 17.7 Å². The maximum Gasteiger partial charge on any atom is 0.329 e. The first-order valence-corrected chi connectivity index (χ1v) is 6.10. The molecule has 1 heterocycles. The SMILES string of the molecule is O=C(O)COCC(=O)NCc1ccc2c(c1)OCCO2. The summed E-state index contributed by atoms with van der Waals surface area (Å²) in [5, 5.41) is 11.0. The van der Waals surface area contributed by atoms with Gasteiger partial charge in [0.15, 0.2) is 11.5 Å². The number of ether oxygens (including phenoxy) is 3. The average Bonchev–Trinajstić information content (AvgIpc) is 2.44. The van der Waals surface area contributed by atoms with Gasteiger partial charge in [-0.2, -0.15) is 0 Å². The number of nitrogens with one attached hydrogen (secondary N) is 1. The standard InChI is InChI=1S/C13H15NO6/c15-12(7-18-8-13(16)17)14-6-9-1-2-10-11(5-9)20-4-3-19-10/h1-2,5H,3-4,6-8H2,(H,14,15)(H,16,17). The molecule has 0 saturated carbocycles. The van der Waals surface area contributed by atoms with Crippen LogP contribution in [0.25, 0.3) is 0 Å². The molecule has 0 unspecified atom stereocenters. The molecule has 108 valence electrons. The number of aliphatic carboxylic acids is 1. The van der Waals surface area contributed by atoms with E-state index >= 15 is 0 Å². The zero-order valence-electron chi connectivity index (χ0n) is 10.8. The van der Waals surface area contributed by atoms with Gasteiger partial charge in [-0.25, -0.2) is 4.79 Å². The highest BCUT2D eigenvalue weighted by Crippen LogP contribution is 2.30. The van der Waals surface area contributed by atoms with Crippen LogP contribution in [0.1, 0.15) is 5.56 Å². The summed E-state index contributed by atoms with van der Waals surface area (Å²) < 4.78 is 15.5. The Hall–Kier alpha value is -2.28. The molecule has 0 radical (unpaired) electrons. The summed E-state index contributed by atoms with van der Waals surface area (Å²) in [6, 6.07) is 5.41. The molecule has 1 amide bonds. The number of amides is 1. The minimum atomic E-state index is -1.11. The second kappa shape index (κ2) is 6.76. The lowest BCUT2D eigenvalue weighted by Crippen LogP contribution is -2.28. The van der Waals surface area contributed by atoms with Crippen molar-refractivity contribution < 1.29 is 28.9 Å². The van der Waals surface area contributed by atoms with Crippen LogP contribution in [0.5, 0.6) is 11.5 Å². The van der Waals surface area contributed by atoms with Crippen molar-refractivity contribution in [2.45, 2.75) is 6.54 Å². The minimum absolute atomic E-state index is 0.281. The highest BCUT2D eigenvalue weighted by molar-refractivity contribution is 5.77. The molecule has 0 bridgehead atoms. The number of benzene rings is 1. The molecule has 20 heavy (non-hydrogen) atoms. The van der Waals surface area contributed by atoms with Gasteiger partial charge in [0.05, 0.1) is 0 Å². The van der Waals surface area contributed by atoms with Crippen molar-refractivity contribution in [3.05, 3.63) is 23.8 Å². The number of hydrogen-bond acceptors (Lipinski definition) is 5. The Kier molecular flexibility index (Phi) is 4.78. The second-order valence-corrected chi connectivity index (χ2v) is 4.14. The van der Waals surface area contributed by atoms with Crippen LogP contribution in [-0.4, -0.2) is 43.4 Å². The van der Waals surface area contributed by atoms with Crippen molar-refractivity contribution in [1.29, 1.82) is 0 Å². The third-order valence-corrected chi connectivity index (χ3v) is 2.55. The molecule has 0 spiro atoms. The lowest BCUT2D eigenvalue weighted by molar-refractivity contribution is -0.143. The van der Waals surface area contributed by atoms with E-state index in [-0.39, 0.29) is 12.5 Å². The quantitative estimate of drug-likeness (QED) is 0.772. The Morgan fingerprint density at radius 1 is 1.20 bits per heavy atom. The van der Waals surface area contributed by atoms with E-state index in [0.717, 1.165) is 5.56 Å². The monoisotopic (exact) mass is 281 g/mol. The molecule has 7 nitrogen and oxygen atoms in total. The number of hydrogen-bond donors (Lipinski definition) is 2. The Morgan fingerprint density at radius 2 is 1.95 bits per heavy atom. The summed E-state index contributed by atoms with van der Waals surface area (Å²) in [5.74, 6) is -0.132.